The summed E-state index contributed by atoms with van der Waals surface area (Å²) in [5.74, 6) is 1.31. The number of ether oxygens (including phenoxy) is 2. The zero-order valence-corrected chi connectivity index (χ0v) is 17.3. The molecule has 0 fully saturated rings. The molecule has 1 unspecified atom stereocenters. The Kier molecular flexibility index (Phi) is 8.04. The molecule has 2 aromatic carbocycles. The number of carbonyl (C=O) groups is 1. The summed E-state index contributed by atoms with van der Waals surface area (Å²) in [6.45, 7) is 8.00. The minimum Gasteiger partial charge on any atom is -1.00 e. The average molecular weight is 373 g/mol. The normalized spacial score (nSPS) is 11.3. The number of aryl methyl sites for hydroxylation is 1. The molecule has 3 nitrogen and oxygen atoms in total. The van der Waals surface area contributed by atoms with Gasteiger partial charge in [-0.15, -0.1) is 0 Å². The Morgan fingerprint density at radius 2 is 1.88 bits per heavy atom. The Morgan fingerprint density at radius 1 is 1.20 bits per heavy atom. The molecular weight excluding hydrogens is 350 g/mol. The van der Waals surface area contributed by atoms with E-state index in [1.54, 1.807) is 18.2 Å². The molecule has 0 bridgehead atoms. The van der Waals surface area contributed by atoms with Crippen LogP contribution in [0.25, 0.3) is 0 Å². The molecule has 0 N–H and O–H groups in total. The van der Waals surface area contributed by atoms with Crippen LogP contribution in [-0.2, 0) is 0 Å². The summed E-state index contributed by atoms with van der Waals surface area (Å²) in [4.78, 5) is 12.7. The van der Waals surface area contributed by atoms with Crippen LogP contribution < -0.4 is 33.6 Å². The number of hydrogen-bond acceptors (Lipinski definition) is 3. The molecule has 0 aliphatic carbocycles. The van der Waals surface area contributed by atoms with Gasteiger partial charge >= 0.3 is 18.9 Å². The van der Waals surface area contributed by atoms with Gasteiger partial charge in [0.05, 0.1) is 17.7 Å². The second-order valence-electron chi connectivity index (χ2n) is 6.46. The SMILES string of the molecule is COc1cccc(Cl)c1C(=O)Pc1ccc(OC(C)(C)C)cc1C.[H-].[Li+]. The molecule has 0 aliphatic rings. The van der Waals surface area contributed by atoms with Crippen molar-refractivity contribution in [2.24, 2.45) is 0 Å². The molecule has 0 saturated carbocycles. The minimum atomic E-state index is -0.253. The van der Waals surface area contributed by atoms with Gasteiger partial charge < -0.3 is 10.9 Å². The van der Waals surface area contributed by atoms with Crippen molar-refractivity contribution >= 4 is 31.0 Å². The van der Waals surface area contributed by atoms with Crippen molar-refractivity contribution in [3.63, 3.8) is 0 Å². The van der Waals surface area contributed by atoms with Crippen molar-refractivity contribution in [2.75, 3.05) is 7.11 Å². The van der Waals surface area contributed by atoms with Crippen LogP contribution in [0.3, 0.4) is 0 Å². The van der Waals surface area contributed by atoms with Gasteiger partial charge in [0, 0.05) is 0 Å². The molecule has 1 atom stereocenters. The van der Waals surface area contributed by atoms with E-state index in [0.29, 0.717) is 16.3 Å². The van der Waals surface area contributed by atoms with Gasteiger partial charge in [0.15, 0.2) is 5.52 Å². The second-order valence-corrected chi connectivity index (χ2v) is 8.11. The smallest absolute Gasteiger partial charge is 1.00 e. The summed E-state index contributed by atoms with van der Waals surface area (Å²) >= 11 is 6.19. The third-order valence-corrected chi connectivity index (χ3v) is 4.91. The van der Waals surface area contributed by atoms with E-state index in [0.717, 1.165) is 16.6 Å². The van der Waals surface area contributed by atoms with Gasteiger partial charge in [0.2, 0.25) is 0 Å². The minimum absolute atomic E-state index is 0. The van der Waals surface area contributed by atoms with Gasteiger partial charge in [0.1, 0.15) is 17.1 Å². The summed E-state index contributed by atoms with van der Waals surface area (Å²) < 4.78 is 11.1. The maximum atomic E-state index is 12.7. The summed E-state index contributed by atoms with van der Waals surface area (Å²) in [5.41, 5.74) is 1.17. The van der Waals surface area contributed by atoms with Crippen LogP contribution in [0.5, 0.6) is 11.5 Å². The molecule has 0 saturated heterocycles. The second kappa shape index (κ2) is 9.11. The Labute approximate surface area is 169 Å². The van der Waals surface area contributed by atoms with E-state index < -0.39 is 0 Å². The van der Waals surface area contributed by atoms with Crippen molar-refractivity contribution < 1.29 is 34.6 Å². The number of hydrogen-bond donors (Lipinski definition) is 0. The van der Waals surface area contributed by atoms with Crippen molar-refractivity contribution in [1.29, 1.82) is 0 Å². The molecule has 0 heterocycles. The number of halogens is 1. The van der Waals surface area contributed by atoms with Crippen molar-refractivity contribution in [1.82, 2.24) is 0 Å². The summed E-state index contributed by atoms with van der Waals surface area (Å²) in [6.07, 6.45) is 0. The fourth-order valence-electron chi connectivity index (χ4n) is 2.27. The fraction of sp³-hybridized carbons (Fsp3) is 0.316. The van der Waals surface area contributed by atoms with E-state index >= 15 is 0 Å². The first kappa shape index (κ1) is 22.1. The van der Waals surface area contributed by atoms with Gasteiger partial charge in [-0.05, 0) is 71.4 Å². The van der Waals surface area contributed by atoms with Crippen LogP contribution in [0.2, 0.25) is 5.02 Å². The maximum absolute atomic E-state index is 12.7. The van der Waals surface area contributed by atoms with E-state index in [9.17, 15) is 4.79 Å². The van der Waals surface area contributed by atoms with E-state index in [2.05, 4.69) is 0 Å². The Balaban J connectivity index is 0.00000312. The van der Waals surface area contributed by atoms with Crippen LogP contribution in [-0.4, -0.2) is 18.2 Å². The van der Waals surface area contributed by atoms with Crippen LogP contribution in [0.1, 0.15) is 38.1 Å². The number of rotatable bonds is 5. The number of carbonyl (C=O) groups excluding carboxylic acids is 1. The Morgan fingerprint density at radius 3 is 2.44 bits per heavy atom. The van der Waals surface area contributed by atoms with Gasteiger partial charge in [0.25, 0.3) is 0 Å². The molecule has 0 radical (unpaired) electrons. The number of methoxy groups -OCH3 is 1. The van der Waals surface area contributed by atoms with Crippen LogP contribution in [0.4, 0.5) is 0 Å². The van der Waals surface area contributed by atoms with E-state index in [4.69, 9.17) is 21.1 Å². The largest absolute Gasteiger partial charge is 1.00 e. The monoisotopic (exact) mass is 372 g/mol. The average Bonchev–Trinajstić information content (AvgIpc) is 2.48. The quantitative estimate of drug-likeness (QED) is 0.595. The first-order valence-corrected chi connectivity index (χ1v) is 9.02. The third kappa shape index (κ3) is 6.05. The van der Waals surface area contributed by atoms with E-state index in [-0.39, 0.29) is 40.0 Å². The van der Waals surface area contributed by atoms with Crippen molar-refractivity contribution in [3.05, 3.63) is 52.5 Å². The number of benzene rings is 2. The fourth-order valence-corrected chi connectivity index (χ4v) is 3.67. The predicted octanol–water partition coefficient (Wildman–Crippen LogP) is 2.10. The Bertz CT molecular complexity index is 763. The molecule has 0 amide bonds. The molecule has 6 heteroatoms. The molecule has 130 valence electrons. The standard InChI is InChI=1S/C19H22ClO3P.Li.H/c1-12-11-13(23-19(2,3)4)9-10-16(12)24-18(21)17-14(20)7-6-8-15(17)22-5;;/h6-11,24H,1-5H3;;/q;+1;-1. The molecule has 0 aromatic heterocycles. The first-order valence-electron chi connectivity index (χ1n) is 7.65. The zero-order valence-electron chi connectivity index (χ0n) is 16.6. The molecule has 2 rings (SSSR count). The van der Waals surface area contributed by atoms with Gasteiger partial charge in [-0.1, -0.05) is 23.7 Å². The van der Waals surface area contributed by atoms with Crippen LogP contribution in [0.15, 0.2) is 36.4 Å². The van der Waals surface area contributed by atoms with E-state index in [1.165, 1.54) is 7.11 Å². The molecular formula is C19H23ClLiO3P. The van der Waals surface area contributed by atoms with Gasteiger partial charge in [-0.3, -0.25) is 4.79 Å². The maximum Gasteiger partial charge on any atom is 1.00 e. The molecule has 2 aromatic rings. The molecule has 25 heavy (non-hydrogen) atoms. The summed E-state index contributed by atoms with van der Waals surface area (Å²) in [5, 5.41) is 1.39. The summed E-state index contributed by atoms with van der Waals surface area (Å²) in [6, 6.07) is 11.0. The van der Waals surface area contributed by atoms with E-state index in [1.807, 2.05) is 45.9 Å². The summed E-state index contributed by atoms with van der Waals surface area (Å²) in [7, 11) is 1.51. The topological polar surface area (TPSA) is 35.5 Å². The Hall–Kier alpha value is -0.973. The first-order chi connectivity index (χ1) is 11.2. The third-order valence-electron chi connectivity index (χ3n) is 3.29. The van der Waals surface area contributed by atoms with Crippen LogP contribution in [0, 0.1) is 6.92 Å². The van der Waals surface area contributed by atoms with Gasteiger partial charge in [-0.25, -0.2) is 0 Å². The van der Waals surface area contributed by atoms with Crippen molar-refractivity contribution in [2.45, 2.75) is 33.3 Å². The van der Waals surface area contributed by atoms with Crippen molar-refractivity contribution in [3.8, 4) is 11.5 Å². The van der Waals surface area contributed by atoms with Crippen LogP contribution >= 0.6 is 20.2 Å². The van der Waals surface area contributed by atoms with Gasteiger partial charge in [-0.2, -0.15) is 0 Å². The molecule has 0 spiro atoms. The predicted molar refractivity (Wildman–Crippen MR) is 103 cm³/mol. The zero-order chi connectivity index (χ0) is 17.9. The molecule has 0 aliphatic heterocycles.